The molecule has 2 aromatic rings. The average Bonchev–Trinajstić information content (AvgIpc) is 2.91. The first-order chi connectivity index (χ1) is 11.5. The molecule has 8 heteroatoms. The summed E-state index contributed by atoms with van der Waals surface area (Å²) in [5.41, 5.74) is 0.833. The number of esters is 1. The number of methoxy groups -OCH3 is 2. The van der Waals surface area contributed by atoms with Gasteiger partial charge < -0.3 is 24.5 Å². The molecule has 1 aliphatic heterocycles. The first kappa shape index (κ1) is 16.1. The molecule has 3 rings (SSSR count). The summed E-state index contributed by atoms with van der Waals surface area (Å²) >= 11 is 0. The number of benzene rings is 2. The molecular formula is C16H15NO7. The number of hydrogen-bond acceptors (Lipinski definition) is 7. The molecule has 0 spiro atoms. The summed E-state index contributed by atoms with van der Waals surface area (Å²) in [5.74, 6) is -0.194. The van der Waals surface area contributed by atoms with E-state index in [1.54, 1.807) is 12.1 Å². The van der Waals surface area contributed by atoms with Crippen molar-refractivity contribution in [1.82, 2.24) is 0 Å². The van der Waals surface area contributed by atoms with E-state index in [-0.39, 0.29) is 28.3 Å². The van der Waals surface area contributed by atoms with Crippen LogP contribution in [0.2, 0.25) is 0 Å². The van der Waals surface area contributed by atoms with Gasteiger partial charge in [-0.3, -0.25) is 0 Å². The number of aromatic hydroxyl groups is 1. The largest absolute Gasteiger partial charge is 0.595 e. The molecule has 8 nitrogen and oxygen atoms in total. The number of cyclic esters (lactones) is 1. The van der Waals surface area contributed by atoms with Crippen LogP contribution >= 0.6 is 0 Å². The molecule has 24 heavy (non-hydrogen) atoms. The average molecular weight is 333 g/mol. The molecule has 0 saturated carbocycles. The summed E-state index contributed by atoms with van der Waals surface area (Å²) in [6, 6.07) is 7.05. The number of carbonyl (C=O) groups excluding carboxylic acids is 1. The van der Waals surface area contributed by atoms with Crippen LogP contribution in [0.4, 0.5) is 5.69 Å². The summed E-state index contributed by atoms with van der Waals surface area (Å²) in [4.78, 5) is 12.3. The lowest BCUT2D eigenvalue weighted by Gasteiger charge is -2.17. The van der Waals surface area contributed by atoms with E-state index < -0.39 is 17.3 Å². The first-order valence-corrected chi connectivity index (χ1v) is 7.00. The Bertz CT molecular complexity index is 803. The summed E-state index contributed by atoms with van der Waals surface area (Å²) in [5, 5.41) is 29.2. The van der Waals surface area contributed by atoms with Crippen LogP contribution < -0.4 is 14.7 Å². The van der Waals surface area contributed by atoms with E-state index >= 15 is 0 Å². The number of hydrogen-bond donors (Lipinski definition) is 3. The van der Waals surface area contributed by atoms with Gasteiger partial charge in [0.05, 0.1) is 14.2 Å². The minimum absolute atomic E-state index is 0.0206. The lowest BCUT2D eigenvalue weighted by Crippen LogP contribution is -2.99. The van der Waals surface area contributed by atoms with Crippen molar-refractivity contribution in [3.05, 3.63) is 52.2 Å². The Labute approximate surface area is 136 Å². The standard InChI is InChI=1S/C16H15NO7/c1-22-12-6-4-9-13(15(12)23-2)16(19)24-14(9)10-7-8(17(20)21)3-5-11(10)18/h3-7,14,17-18,20H,1-2H3/t14-/m0/s1. The van der Waals surface area contributed by atoms with Crippen LogP contribution in [0.15, 0.2) is 30.3 Å². The molecule has 2 atom stereocenters. The van der Waals surface area contributed by atoms with Gasteiger partial charge in [0.1, 0.15) is 11.3 Å². The lowest BCUT2D eigenvalue weighted by molar-refractivity contribution is -0.991. The fourth-order valence-corrected chi connectivity index (χ4v) is 2.73. The Kier molecular flexibility index (Phi) is 4.02. The molecule has 0 radical (unpaired) electrons. The molecule has 3 N–H and O–H groups in total. The highest BCUT2D eigenvalue weighted by molar-refractivity contribution is 5.98. The molecule has 0 saturated heterocycles. The predicted molar refractivity (Wildman–Crippen MR) is 80.7 cm³/mol. The van der Waals surface area contributed by atoms with Gasteiger partial charge in [0.25, 0.3) is 0 Å². The SMILES string of the molecule is COc1ccc2c(c1OC)C(=O)O[C@@H]2c1cc([NH+]([O-])O)ccc1O. The number of ether oxygens (including phenoxy) is 3. The summed E-state index contributed by atoms with van der Waals surface area (Å²) in [6.45, 7) is 0. The minimum atomic E-state index is -1.15. The van der Waals surface area contributed by atoms with Crippen molar-refractivity contribution in [2.45, 2.75) is 6.10 Å². The van der Waals surface area contributed by atoms with Crippen molar-refractivity contribution in [3.8, 4) is 17.2 Å². The molecule has 0 amide bonds. The van der Waals surface area contributed by atoms with E-state index in [4.69, 9.17) is 19.4 Å². The van der Waals surface area contributed by atoms with Crippen molar-refractivity contribution in [1.29, 1.82) is 0 Å². The van der Waals surface area contributed by atoms with Crippen molar-refractivity contribution < 1.29 is 34.5 Å². The van der Waals surface area contributed by atoms with Crippen molar-refractivity contribution in [2.24, 2.45) is 0 Å². The monoisotopic (exact) mass is 333 g/mol. The quantitative estimate of drug-likeness (QED) is 0.436. The second-order valence-electron chi connectivity index (χ2n) is 5.13. The zero-order chi connectivity index (χ0) is 17.4. The Morgan fingerprint density at radius 1 is 1.17 bits per heavy atom. The van der Waals surface area contributed by atoms with Gasteiger partial charge in [-0.05, 0) is 12.1 Å². The van der Waals surface area contributed by atoms with Crippen LogP contribution in [0, 0.1) is 5.21 Å². The summed E-state index contributed by atoms with van der Waals surface area (Å²) in [7, 11) is 2.85. The van der Waals surface area contributed by atoms with Gasteiger partial charge in [0.2, 0.25) is 0 Å². The van der Waals surface area contributed by atoms with Gasteiger partial charge >= 0.3 is 5.97 Å². The van der Waals surface area contributed by atoms with Crippen molar-refractivity contribution in [3.63, 3.8) is 0 Å². The second-order valence-corrected chi connectivity index (χ2v) is 5.13. The van der Waals surface area contributed by atoms with Gasteiger partial charge in [-0.2, -0.15) is 5.23 Å². The third-order valence-corrected chi connectivity index (χ3v) is 3.85. The fraction of sp³-hybridized carbons (Fsp3) is 0.188. The molecule has 126 valence electrons. The molecular weight excluding hydrogens is 318 g/mol. The molecule has 1 unspecified atom stereocenters. The predicted octanol–water partition coefficient (Wildman–Crippen LogP) is 1.07. The van der Waals surface area contributed by atoms with Gasteiger partial charge in [-0.1, -0.05) is 6.07 Å². The number of rotatable bonds is 4. The van der Waals surface area contributed by atoms with E-state index in [1.165, 1.54) is 32.4 Å². The van der Waals surface area contributed by atoms with Gasteiger partial charge in [0.15, 0.2) is 23.3 Å². The van der Waals surface area contributed by atoms with Crippen molar-refractivity contribution in [2.75, 3.05) is 14.2 Å². The number of phenolic OH excluding ortho intramolecular Hbond substituents is 1. The molecule has 0 fully saturated rings. The van der Waals surface area contributed by atoms with E-state index in [9.17, 15) is 15.1 Å². The van der Waals surface area contributed by atoms with Crippen LogP contribution in [-0.2, 0) is 4.74 Å². The minimum Gasteiger partial charge on any atom is -0.595 e. The Balaban J connectivity index is 2.16. The normalized spacial score (nSPS) is 17.2. The molecule has 0 aromatic heterocycles. The van der Waals surface area contributed by atoms with Crippen LogP contribution in [0.5, 0.6) is 17.2 Å². The van der Waals surface area contributed by atoms with Crippen LogP contribution in [-0.4, -0.2) is 30.5 Å². The second kappa shape index (κ2) is 6.00. The number of quaternary nitrogens is 1. The van der Waals surface area contributed by atoms with E-state index in [2.05, 4.69) is 0 Å². The van der Waals surface area contributed by atoms with Gasteiger partial charge in [-0.15, -0.1) is 0 Å². The zero-order valence-corrected chi connectivity index (χ0v) is 12.9. The maximum atomic E-state index is 12.3. The summed E-state index contributed by atoms with van der Waals surface area (Å²) < 4.78 is 15.8. The lowest BCUT2D eigenvalue weighted by atomic mass is 9.97. The number of nitrogens with one attached hydrogen (secondary N) is 1. The number of carbonyl (C=O) groups is 1. The van der Waals surface area contributed by atoms with Crippen molar-refractivity contribution >= 4 is 11.7 Å². The van der Waals surface area contributed by atoms with Crippen LogP contribution in [0.1, 0.15) is 27.6 Å². The number of phenols is 1. The number of fused-ring (bicyclic) bond motifs is 1. The maximum Gasteiger partial charge on any atom is 0.343 e. The third-order valence-electron chi connectivity index (χ3n) is 3.85. The van der Waals surface area contributed by atoms with E-state index in [1.807, 2.05) is 0 Å². The molecule has 1 aliphatic rings. The topological polar surface area (TPSA) is 113 Å². The maximum absolute atomic E-state index is 12.3. The highest BCUT2D eigenvalue weighted by Gasteiger charge is 2.38. The Hall–Kier alpha value is -2.81. The first-order valence-electron chi connectivity index (χ1n) is 7.00. The van der Waals surface area contributed by atoms with Gasteiger partial charge in [0, 0.05) is 23.3 Å². The van der Waals surface area contributed by atoms with Crippen LogP contribution in [0.3, 0.4) is 0 Å². The van der Waals surface area contributed by atoms with Gasteiger partial charge in [-0.25, -0.2) is 10.0 Å². The van der Waals surface area contributed by atoms with Crippen LogP contribution in [0.25, 0.3) is 0 Å². The molecule has 1 heterocycles. The Morgan fingerprint density at radius 3 is 2.54 bits per heavy atom. The van der Waals surface area contributed by atoms with E-state index in [0.29, 0.717) is 11.3 Å². The smallest absolute Gasteiger partial charge is 0.343 e. The highest BCUT2D eigenvalue weighted by Crippen LogP contribution is 2.46. The highest BCUT2D eigenvalue weighted by atomic mass is 16.8. The zero-order valence-electron chi connectivity index (χ0n) is 12.9. The third kappa shape index (κ3) is 2.42. The fourth-order valence-electron chi connectivity index (χ4n) is 2.73. The molecule has 0 aliphatic carbocycles. The Morgan fingerprint density at radius 2 is 1.92 bits per heavy atom. The van der Waals surface area contributed by atoms with E-state index in [0.717, 1.165) is 0 Å². The summed E-state index contributed by atoms with van der Waals surface area (Å²) in [6.07, 6.45) is -0.924. The molecule has 2 aromatic carbocycles. The molecule has 0 bridgehead atoms.